The molecule has 0 atom stereocenters. The number of likely N-dealkylation sites (tertiary alicyclic amines) is 1. The average molecular weight is 631 g/mol. The van der Waals surface area contributed by atoms with E-state index in [1.807, 2.05) is 5.32 Å². The van der Waals surface area contributed by atoms with Crippen molar-refractivity contribution >= 4 is 40.2 Å². The molecule has 2 amide bonds. The number of amides is 2. The van der Waals surface area contributed by atoms with Gasteiger partial charge in [-0.25, -0.2) is 20.1 Å². The number of amidine groups is 1. The van der Waals surface area contributed by atoms with Gasteiger partial charge in [-0.15, -0.1) is 0 Å². The molecule has 0 unspecified atom stereocenters. The smallest absolute Gasteiger partial charge is 0.341 e. The number of nitrogens with zero attached hydrogens (tertiary/aromatic N) is 3. The predicted molar refractivity (Wildman–Crippen MR) is 132 cm³/mol. The summed E-state index contributed by atoms with van der Waals surface area (Å²) in [6.45, 7) is 0.902. The number of carbonyl (C=O) groups is 2. The fourth-order valence-corrected chi connectivity index (χ4v) is 4.51. The van der Waals surface area contributed by atoms with Gasteiger partial charge in [-0.05, 0) is 18.6 Å². The molecule has 1 aromatic heterocycles. The summed E-state index contributed by atoms with van der Waals surface area (Å²) >= 11 is 0.704. The molecule has 19 heteroatoms. The van der Waals surface area contributed by atoms with Gasteiger partial charge in [0, 0.05) is 48.3 Å². The number of quaternary nitrogens is 1. The van der Waals surface area contributed by atoms with Crippen LogP contribution in [0, 0.1) is 11.2 Å². The topological polar surface area (TPSA) is 141 Å². The number of carbonyl (C=O) groups excluding carboxylic acids is 2. The lowest BCUT2D eigenvalue weighted by atomic mass is 10.0. The lowest BCUT2D eigenvalue weighted by molar-refractivity contribution is -0.830. The van der Waals surface area contributed by atoms with Gasteiger partial charge in [0.1, 0.15) is 0 Å². The molecule has 3 rings (SSSR count). The highest BCUT2D eigenvalue weighted by Crippen LogP contribution is 2.51. The van der Waals surface area contributed by atoms with E-state index in [0.29, 0.717) is 36.8 Å². The number of hydrazine groups is 1. The van der Waals surface area contributed by atoms with E-state index in [1.54, 1.807) is 4.90 Å². The van der Waals surface area contributed by atoms with Crippen LogP contribution in [0.15, 0.2) is 35.4 Å². The molecule has 0 saturated carbocycles. The first-order chi connectivity index (χ1) is 19.5. The Bertz CT molecular complexity index is 1350. The molecule has 1 aliphatic rings. The van der Waals surface area contributed by atoms with Gasteiger partial charge in [-0.2, -0.15) is 36.2 Å². The number of hydrogen-bond donors (Lipinski definition) is 4. The van der Waals surface area contributed by atoms with Gasteiger partial charge in [-0.1, -0.05) is 11.8 Å². The molecular formula is C23H24F8N7O3S+. The van der Waals surface area contributed by atoms with Crippen molar-refractivity contribution in [2.75, 3.05) is 32.1 Å². The van der Waals surface area contributed by atoms with Crippen molar-refractivity contribution in [3.63, 3.8) is 0 Å². The molecule has 0 aliphatic carbocycles. The van der Waals surface area contributed by atoms with Crippen LogP contribution in [0.25, 0.3) is 0 Å². The first-order valence-corrected chi connectivity index (χ1v) is 12.7. The summed E-state index contributed by atoms with van der Waals surface area (Å²) in [7, 11) is 1.31. The Morgan fingerprint density at radius 1 is 1.24 bits per heavy atom. The van der Waals surface area contributed by atoms with Crippen molar-refractivity contribution < 1.29 is 55.0 Å². The van der Waals surface area contributed by atoms with E-state index in [4.69, 9.17) is 16.1 Å². The highest BCUT2D eigenvalue weighted by molar-refractivity contribution is 8.13. The Kier molecular flexibility index (Phi) is 10.0. The first-order valence-electron chi connectivity index (χ1n) is 11.9. The normalized spacial score (nSPS) is 14.3. The van der Waals surface area contributed by atoms with Crippen LogP contribution < -0.4 is 16.6 Å². The van der Waals surface area contributed by atoms with Crippen LogP contribution >= 0.6 is 11.8 Å². The van der Waals surface area contributed by atoms with Crippen LogP contribution in [0.4, 0.5) is 46.6 Å². The van der Waals surface area contributed by atoms with Crippen LogP contribution in [0.3, 0.4) is 0 Å². The molecule has 6 N–H and O–H groups in total. The fourth-order valence-electron chi connectivity index (χ4n) is 3.69. The second-order valence-electron chi connectivity index (χ2n) is 8.85. The number of benzene rings is 1. The molecule has 42 heavy (non-hydrogen) atoms. The van der Waals surface area contributed by atoms with Gasteiger partial charge in [0.25, 0.3) is 5.91 Å². The number of anilines is 1. The maximum absolute atomic E-state index is 14.5. The maximum atomic E-state index is 14.5. The summed E-state index contributed by atoms with van der Waals surface area (Å²) in [4.78, 5) is 34.5. The van der Waals surface area contributed by atoms with Gasteiger partial charge < -0.3 is 10.2 Å². The Hall–Kier alpha value is -3.55. The molecule has 0 spiro atoms. The summed E-state index contributed by atoms with van der Waals surface area (Å²) in [5, 5.41) is 11.0. The van der Waals surface area contributed by atoms with Crippen LogP contribution in [0.2, 0.25) is 0 Å². The van der Waals surface area contributed by atoms with E-state index >= 15 is 0 Å². The van der Waals surface area contributed by atoms with Crippen molar-refractivity contribution in [2.45, 2.75) is 35.8 Å². The Morgan fingerprint density at radius 2 is 1.93 bits per heavy atom. The van der Waals surface area contributed by atoms with E-state index in [0.717, 1.165) is 5.01 Å². The maximum Gasteiger partial charge on any atom is 0.460 e. The van der Waals surface area contributed by atoms with E-state index in [2.05, 4.69) is 4.98 Å². The Morgan fingerprint density at radius 3 is 2.50 bits per heavy atom. The molecule has 230 valence electrons. The summed E-state index contributed by atoms with van der Waals surface area (Å²) in [5.74, 6) is -10.5. The van der Waals surface area contributed by atoms with Crippen molar-refractivity contribution in [3.8, 4) is 0 Å². The van der Waals surface area contributed by atoms with Gasteiger partial charge >= 0.3 is 18.0 Å². The molecule has 1 saturated heterocycles. The molecule has 2 heterocycles. The minimum atomic E-state index is -6.64. The van der Waals surface area contributed by atoms with E-state index in [-0.39, 0.29) is 46.9 Å². The quantitative estimate of drug-likeness (QED) is 0.0601. The standard InChI is InChI=1S/C23H23F8N7O3S/c1-41-36-13-4-5-16(42-20(32)38(33)8-7-37-6-2-3-17(37)39)14(10-13)19(40)35-18-15(24)9-12(11-34-18)21(25,26)22(27,28)23(29,30)31/h4-5,9-11,32,36H,2-3,6-8,33H2,1H3,(H,34,35,40)/p+1. The Balaban J connectivity index is 1.81. The highest BCUT2D eigenvalue weighted by atomic mass is 32.2. The summed E-state index contributed by atoms with van der Waals surface area (Å²) in [6, 6.07) is 3.85. The monoisotopic (exact) mass is 630 g/mol. The minimum Gasteiger partial charge on any atom is -0.341 e. The zero-order valence-electron chi connectivity index (χ0n) is 21.6. The van der Waals surface area contributed by atoms with Crippen LogP contribution in [-0.4, -0.2) is 70.7 Å². The van der Waals surface area contributed by atoms with Crippen LogP contribution in [0.5, 0.6) is 0 Å². The Labute approximate surface area is 237 Å². The number of pyridine rings is 1. The second kappa shape index (κ2) is 12.8. The summed E-state index contributed by atoms with van der Waals surface area (Å²) in [5.41, 5.74) is -0.721. The van der Waals surface area contributed by atoms with Crippen molar-refractivity contribution in [3.05, 3.63) is 47.4 Å². The van der Waals surface area contributed by atoms with Gasteiger partial charge in [0.05, 0.1) is 19.2 Å². The first kappa shape index (κ1) is 33.0. The molecule has 1 aliphatic heterocycles. The predicted octanol–water partition coefficient (Wildman–Crippen LogP) is 3.34. The molecule has 0 bridgehead atoms. The second-order valence-corrected chi connectivity index (χ2v) is 9.88. The molecule has 2 aromatic rings. The summed E-state index contributed by atoms with van der Waals surface area (Å²) in [6.07, 6.45) is -5.63. The number of alkyl halides is 7. The van der Waals surface area contributed by atoms with Crippen molar-refractivity contribution in [1.82, 2.24) is 14.9 Å². The third kappa shape index (κ3) is 7.08. The zero-order valence-corrected chi connectivity index (χ0v) is 22.4. The summed E-state index contributed by atoms with van der Waals surface area (Å²) < 4.78 is 107. The van der Waals surface area contributed by atoms with E-state index < -0.39 is 41.1 Å². The molecular weight excluding hydrogens is 606 g/mol. The lowest BCUT2D eigenvalue weighted by Crippen LogP contribution is -2.76. The van der Waals surface area contributed by atoms with E-state index in [1.165, 1.54) is 30.8 Å². The largest absolute Gasteiger partial charge is 0.460 e. The van der Waals surface area contributed by atoms with Crippen LogP contribution in [0.1, 0.15) is 28.8 Å². The number of nitrogens with one attached hydrogen (secondary N) is 2. The van der Waals surface area contributed by atoms with Gasteiger partial charge in [0.2, 0.25) is 5.91 Å². The highest BCUT2D eigenvalue weighted by Gasteiger charge is 2.73. The number of nitrogens with two attached hydrogens (primary N) is 2. The molecule has 10 nitrogen and oxygen atoms in total. The minimum absolute atomic E-state index is 0.0434. The van der Waals surface area contributed by atoms with Crippen LogP contribution in [-0.2, 0) is 15.6 Å². The SMILES string of the molecule is CO[NH2+]c1ccc(SC(=N)N(N)CCN2CCCC2=O)c(C(=O)Nc2ncc(C(F)(F)C(F)(F)C(F)(F)F)cc2F)c1. The van der Waals surface area contributed by atoms with Gasteiger partial charge in [-0.3, -0.25) is 20.0 Å². The number of halogens is 8. The van der Waals surface area contributed by atoms with Crippen molar-refractivity contribution in [2.24, 2.45) is 5.84 Å². The van der Waals surface area contributed by atoms with Crippen molar-refractivity contribution in [1.29, 1.82) is 5.41 Å². The van der Waals surface area contributed by atoms with E-state index in [9.17, 15) is 44.7 Å². The third-order valence-electron chi connectivity index (χ3n) is 5.94. The fraction of sp³-hybridized carbons (Fsp3) is 0.391. The number of thioether (sulfide) groups is 1. The average Bonchev–Trinajstić information content (AvgIpc) is 3.32. The number of hydrogen-bond acceptors (Lipinski definition) is 7. The molecule has 0 radical (unpaired) electrons. The molecule has 1 aromatic carbocycles. The lowest BCUT2D eigenvalue weighted by Gasteiger charge is -2.28. The third-order valence-corrected chi connectivity index (χ3v) is 6.94. The van der Waals surface area contributed by atoms with Gasteiger partial charge in [0.15, 0.2) is 22.5 Å². The molecule has 1 fully saturated rings. The number of aromatic nitrogens is 1. The number of rotatable bonds is 10. The zero-order chi connectivity index (χ0) is 31.5.